The highest BCUT2D eigenvalue weighted by Gasteiger charge is 2.36. The molecule has 2 aliphatic heterocycles. The molecule has 2 rings (SSSR count). The Morgan fingerprint density at radius 2 is 2.07 bits per heavy atom. The fourth-order valence-electron chi connectivity index (χ4n) is 1.34. The molecule has 2 fully saturated rings. The minimum Gasteiger partial charge on any atom is -0.394 e. The van der Waals surface area contributed by atoms with Gasteiger partial charge in [-0.15, -0.1) is 0 Å². The van der Waals surface area contributed by atoms with Gasteiger partial charge in [0.05, 0.1) is 38.6 Å². The minimum atomic E-state index is -0.718. The maximum Gasteiger partial charge on any atom is 0.107 e. The Morgan fingerprint density at radius 1 is 1.36 bits per heavy atom. The molecule has 2 heterocycles. The molecule has 0 amide bonds. The first-order valence-corrected chi connectivity index (χ1v) is 4.93. The Balaban J connectivity index is 1.68. The van der Waals surface area contributed by atoms with Gasteiger partial charge in [0.25, 0.3) is 0 Å². The van der Waals surface area contributed by atoms with E-state index < -0.39 is 6.10 Å². The third-order valence-electron chi connectivity index (χ3n) is 2.39. The van der Waals surface area contributed by atoms with E-state index in [1.54, 1.807) is 0 Å². The van der Waals surface area contributed by atoms with Crippen LogP contribution in [0.5, 0.6) is 0 Å². The third kappa shape index (κ3) is 3.18. The van der Waals surface area contributed by atoms with E-state index in [1.807, 2.05) is 0 Å². The number of epoxide rings is 2. The van der Waals surface area contributed by atoms with Crippen molar-refractivity contribution in [2.45, 2.75) is 30.8 Å². The number of ether oxygens (including phenoxy) is 3. The van der Waals surface area contributed by atoms with E-state index >= 15 is 0 Å². The first-order chi connectivity index (χ1) is 6.79. The lowest BCUT2D eigenvalue weighted by atomic mass is 10.1. The zero-order valence-electron chi connectivity index (χ0n) is 7.96. The van der Waals surface area contributed by atoms with Crippen LogP contribution in [0.4, 0.5) is 0 Å². The van der Waals surface area contributed by atoms with Gasteiger partial charge in [0.15, 0.2) is 0 Å². The van der Waals surface area contributed by atoms with Crippen LogP contribution < -0.4 is 0 Å². The van der Waals surface area contributed by atoms with Gasteiger partial charge in [0, 0.05) is 6.42 Å². The zero-order valence-corrected chi connectivity index (χ0v) is 7.96. The van der Waals surface area contributed by atoms with Gasteiger partial charge in [-0.05, 0) is 0 Å². The van der Waals surface area contributed by atoms with E-state index in [1.165, 1.54) is 0 Å². The number of aliphatic hydroxyl groups is 2. The minimum absolute atomic E-state index is 0.0925. The normalized spacial score (nSPS) is 33.9. The maximum atomic E-state index is 9.27. The van der Waals surface area contributed by atoms with Crippen LogP contribution >= 0.6 is 0 Å². The first-order valence-electron chi connectivity index (χ1n) is 4.93. The summed E-state index contributed by atoms with van der Waals surface area (Å²) in [6, 6.07) is 0. The second-order valence-corrected chi connectivity index (χ2v) is 3.77. The van der Waals surface area contributed by atoms with Crippen LogP contribution in [0.1, 0.15) is 6.42 Å². The highest BCUT2D eigenvalue weighted by molar-refractivity contribution is 4.83. The molecular weight excluding hydrogens is 188 g/mol. The molecule has 4 atom stereocenters. The van der Waals surface area contributed by atoms with Crippen molar-refractivity contribution in [3.63, 3.8) is 0 Å². The van der Waals surface area contributed by atoms with Gasteiger partial charge in [-0.3, -0.25) is 0 Å². The van der Waals surface area contributed by atoms with Crippen LogP contribution in [0.3, 0.4) is 0 Å². The van der Waals surface area contributed by atoms with Crippen LogP contribution in [0.15, 0.2) is 0 Å². The number of hydrogen-bond donors (Lipinski definition) is 2. The second kappa shape index (κ2) is 4.55. The first kappa shape index (κ1) is 10.3. The van der Waals surface area contributed by atoms with Crippen LogP contribution in [-0.4, -0.2) is 61.1 Å². The van der Waals surface area contributed by atoms with Crippen LogP contribution in [0.25, 0.3) is 0 Å². The third-order valence-corrected chi connectivity index (χ3v) is 2.39. The molecule has 0 bridgehead atoms. The summed E-state index contributed by atoms with van der Waals surface area (Å²) in [5.41, 5.74) is 0. The molecule has 0 aromatic heterocycles. The van der Waals surface area contributed by atoms with Gasteiger partial charge in [0.1, 0.15) is 12.2 Å². The average molecular weight is 204 g/mol. The number of hydrogen-bond acceptors (Lipinski definition) is 5. The van der Waals surface area contributed by atoms with E-state index in [2.05, 4.69) is 0 Å². The summed E-state index contributed by atoms with van der Waals surface area (Å²) in [7, 11) is 0. The van der Waals surface area contributed by atoms with Gasteiger partial charge in [-0.2, -0.15) is 0 Å². The Bertz CT molecular complexity index is 178. The summed E-state index contributed by atoms with van der Waals surface area (Å²) in [4.78, 5) is 0. The van der Waals surface area contributed by atoms with Gasteiger partial charge >= 0.3 is 0 Å². The standard InChI is InChI=1S/C9H16O5/c10-2-6(11)1-8(9-5-14-9)13-4-7-3-12-7/h6-11H,1-5H2. The van der Waals surface area contributed by atoms with Gasteiger partial charge in [-0.1, -0.05) is 0 Å². The summed E-state index contributed by atoms with van der Waals surface area (Å²) in [5.74, 6) is 0. The molecule has 5 nitrogen and oxygen atoms in total. The Morgan fingerprint density at radius 3 is 2.57 bits per heavy atom. The monoisotopic (exact) mass is 204 g/mol. The van der Waals surface area contributed by atoms with Crippen molar-refractivity contribution in [2.75, 3.05) is 26.4 Å². The van der Waals surface area contributed by atoms with Crippen LogP contribution in [0.2, 0.25) is 0 Å². The summed E-state index contributed by atoms with van der Waals surface area (Å²) in [5, 5.41) is 18.0. The SMILES string of the molecule is OCC(O)CC(OCC1CO1)C1CO1. The lowest BCUT2D eigenvalue weighted by Gasteiger charge is -2.17. The molecule has 14 heavy (non-hydrogen) atoms. The van der Waals surface area contributed by atoms with Crippen molar-refractivity contribution in [3.8, 4) is 0 Å². The molecule has 4 unspecified atom stereocenters. The molecule has 0 saturated carbocycles. The number of rotatable bonds is 7. The Hall–Kier alpha value is -0.200. The molecular formula is C9H16O5. The average Bonchev–Trinajstić information content (AvgIpc) is 3.03. The molecule has 2 aliphatic rings. The molecule has 0 aromatic rings. The quantitative estimate of drug-likeness (QED) is 0.515. The topological polar surface area (TPSA) is 74.8 Å². The molecule has 0 aliphatic carbocycles. The molecule has 0 radical (unpaired) electrons. The van der Waals surface area contributed by atoms with Crippen LogP contribution in [0, 0.1) is 0 Å². The maximum absolute atomic E-state index is 9.27. The van der Waals surface area contributed by atoms with Gasteiger partial charge < -0.3 is 24.4 Å². The van der Waals surface area contributed by atoms with Crippen molar-refractivity contribution >= 4 is 0 Å². The molecule has 2 N–H and O–H groups in total. The Kier molecular flexibility index (Phi) is 3.35. The predicted molar refractivity (Wildman–Crippen MR) is 46.9 cm³/mol. The predicted octanol–water partition coefficient (Wildman–Crippen LogP) is -1.09. The second-order valence-electron chi connectivity index (χ2n) is 3.77. The molecule has 0 spiro atoms. The number of aliphatic hydroxyl groups excluding tert-OH is 2. The van der Waals surface area contributed by atoms with Crippen molar-refractivity contribution in [3.05, 3.63) is 0 Å². The fraction of sp³-hybridized carbons (Fsp3) is 1.00. The van der Waals surface area contributed by atoms with Crippen molar-refractivity contribution in [1.29, 1.82) is 0 Å². The highest BCUT2D eigenvalue weighted by Crippen LogP contribution is 2.22. The van der Waals surface area contributed by atoms with Crippen molar-refractivity contribution in [2.24, 2.45) is 0 Å². The fourth-order valence-corrected chi connectivity index (χ4v) is 1.34. The van der Waals surface area contributed by atoms with E-state index in [0.717, 1.165) is 6.61 Å². The zero-order chi connectivity index (χ0) is 9.97. The largest absolute Gasteiger partial charge is 0.394 e. The lowest BCUT2D eigenvalue weighted by Crippen LogP contribution is -2.29. The highest BCUT2D eigenvalue weighted by atomic mass is 16.6. The van der Waals surface area contributed by atoms with E-state index in [-0.39, 0.29) is 24.9 Å². The van der Waals surface area contributed by atoms with Crippen molar-refractivity contribution in [1.82, 2.24) is 0 Å². The summed E-state index contributed by atoms with van der Waals surface area (Å²) < 4.78 is 15.7. The van der Waals surface area contributed by atoms with Crippen molar-refractivity contribution < 1.29 is 24.4 Å². The molecule has 82 valence electrons. The molecule has 5 heteroatoms. The van der Waals surface area contributed by atoms with Gasteiger partial charge in [0.2, 0.25) is 0 Å². The molecule has 2 saturated heterocycles. The summed E-state index contributed by atoms with van der Waals surface area (Å²) in [6.07, 6.45) is -0.0865. The smallest absolute Gasteiger partial charge is 0.107 e. The summed E-state index contributed by atoms with van der Waals surface area (Å²) in [6.45, 7) is 1.78. The van der Waals surface area contributed by atoms with Gasteiger partial charge in [-0.25, -0.2) is 0 Å². The lowest BCUT2D eigenvalue weighted by molar-refractivity contribution is -0.0195. The Labute approximate surface area is 82.6 Å². The van der Waals surface area contributed by atoms with E-state index in [0.29, 0.717) is 19.6 Å². The summed E-state index contributed by atoms with van der Waals surface area (Å²) >= 11 is 0. The van der Waals surface area contributed by atoms with E-state index in [9.17, 15) is 5.11 Å². The van der Waals surface area contributed by atoms with Crippen LogP contribution in [-0.2, 0) is 14.2 Å². The molecule has 0 aromatic carbocycles. The van der Waals surface area contributed by atoms with E-state index in [4.69, 9.17) is 19.3 Å².